The van der Waals surface area contributed by atoms with E-state index in [0.29, 0.717) is 5.56 Å². The van der Waals surface area contributed by atoms with Gasteiger partial charge < -0.3 is 20.5 Å². The Morgan fingerprint density at radius 3 is 2.42 bits per heavy atom. The molecule has 0 fully saturated rings. The average Bonchev–Trinajstić information content (AvgIpc) is 2.46. The Hall–Kier alpha value is -2.41. The van der Waals surface area contributed by atoms with Gasteiger partial charge >= 0.3 is 5.97 Å². The monoisotopic (exact) mass is 336 g/mol. The first kappa shape index (κ1) is 19.6. The van der Waals surface area contributed by atoms with E-state index in [4.69, 9.17) is 9.84 Å². The van der Waals surface area contributed by atoms with Crippen molar-refractivity contribution in [3.05, 3.63) is 34.9 Å². The van der Waals surface area contributed by atoms with E-state index in [9.17, 15) is 14.4 Å². The molecule has 1 atom stereocenters. The van der Waals surface area contributed by atoms with Crippen LogP contribution in [0.4, 0.5) is 0 Å². The van der Waals surface area contributed by atoms with Gasteiger partial charge in [0, 0.05) is 12.7 Å². The maximum Gasteiger partial charge on any atom is 0.305 e. The molecule has 0 aromatic heterocycles. The molecular weight excluding hydrogens is 312 g/mol. The van der Waals surface area contributed by atoms with Crippen molar-refractivity contribution < 1.29 is 24.2 Å². The Morgan fingerprint density at radius 2 is 1.88 bits per heavy atom. The molecule has 0 saturated heterocycles. The lowest BCUT2D eigenvalue weighted by atomic mass is 9.99. The minimum Gasteiger partial charge on any atom is -0.481 e. The van der Waals surface area contributed by atoms with Crippen molar-refractivity contribution in [1.82, 2.24) is 10.6 Å². The Bertz CT molecular complexity index is 629. The number of ether oxygens (including phenoxy) is 1. The molecule has 1 rings (SSSR count). The predicted molar refractivity (Wildman–Crippen MR) is 88.9 cm³/mol. The largest absolute Gasteiger partial charge is 0.481 e. The molecule has 0 aliphatic rings. The zero-order valence-corrected chi connectivity index (χ0v) is 14.4. The molecule has 1 aromatic rings. The summed E-state index contributed by atoms with van der Waals surface area (Å²) in [5.74, 6) is -1.89. The number of carboxylic acid groups (broad SMARTS) is 1. The third-order valence-corrected chi connectivity index (χ3v) is 3.62. The van der Waals surface area contributed by atoms with Crippen molar-refractivity contribution in [3.8, 4) is 0 Å². The third-order valence-electron chi connectivity index (χ3n) is 3.62. The molecule has 0 aliphatic heterocycles. The van der Waals surface area contributed by atoms with Crippen molar-refractivity contribution in [2.75, 3.05) is 20.3 Å². The van der Waals surface area contributed by atoms with Crippen molar-refractivity contribution in [1.29, 1.82) is 0 Å². The Morgan fingerprint density at radius 1 is 1.21 bits per heavy atom. The number of hydrogen-bond donors (Lipinski definition) is 3. The summed E-state index contributed by atoms with van der Waals surface area (Å²) in [6.07, 6.45) is -0.280. The molecule has 0 heterocycles. The number of carbonyl (C=O) groups is 3. The number of benzene rings is 1. The molecular formula is C17H24N2O5. The minimum atomic E-state index is -1.05. The molecule has 0 radical (unpaired) electrons. The highest BCUT2D eigenvalue weighted by Gasteiger charge is 2.29. The standard InChI is InChI=1S/C17H24N2O5/c1-11-5-6-13(7-12(11)2)16(23)18-9-14(20)19-17(3,10-24-4)8-15(21)22/h5-7H,8-10H2,1-4H3,(H,18,23)(H,19,20)(H,21,22). The Labute approximate surface area is 141 Å². The summed E-state index contributed by atoms with van der Waals surface area (Å²) in [5, 5.41) is 14.0. The SMILES string of the molecule is COCC(C)(CC(=O)O)NC(=O)CNC(=O)c1ccc(C)c(C)c1. The topological polar surface area (TPSA) is 105 Å². The highest BCUT2D eigenvalue weighted by Crippen LogP contribution is 2.11. The van der Waals surface area contributed by atoms with Gasteiger partial charge in [0.2, 0.25) is 5.91 Å². The van der Waals surface area contributed by atoms with Crippen LogP contribution in [0.15, 0.2) is 18.2 Å². The van der Waals surface area contributed by atoms with Crippen LogP contribution in [-0.2, 0) is 14.3 Å². The average molecular weight is 336 g/mol. The number of aryl methyl sites for hydroxylation is 2. The number of carbonyl (C=O) groups excluding carboxylic acids is 2. The van der Waals surface area contributed by atoms with E-state index >= 15 is 0 Å². The molecule has 3 N–H and O–H groups in total. The molecule has 0 saturated carbocycles. The van der Waals surface area contributed by atoms with E-state index in [2.05, 4.69) is 10.6 Å². The first-order chi connectivity index (χ1) is 11.2. The molecule has 132 valence electrons. The van der Waals surface area contributed by atoms with Crippen molar-refractivity contribution in [2.45, 2.75) is 32.7 Å². The normalized spacial score (nSPS) is 13.0. The molecule has 1 unspecified atom stereocenters. The lowest BCUT2D eigenvalue weighted by molar-refractivity contribution is -0.139. The summed E-state index contributed by atoms with van der Waals surface area (Å²) in [7, 11) is 1.42. The molecule has 0 bridgehead atoms. The molecule has 7 heteroatoms. The van der Waals surface area contributed by atoms with Crippen LogP contribution in [0.5, 0.6) is 0 Å². The lowest BCUT2D eigenvalue weighted by Crippen LogP contribution is -2.53. The van der Waals surface area contributed by atoms with Gasteiger partial charge in [0.1, 0.15) is 0 Å². The van der Waals surface area contributed by atoms with Gasteiger partial charge in [0.25, 0.3) is 5.91 Å². The van der Waals surface area contributed by atoms with Crippen molar-refractivity contribution >= 4 is 17.8 Å². The highest BCUT2D eigenvalue weighted by atomic mass is 16.5. The number of aliphatic carboxylic acids is 1. The number of methoxy groups -OCH3 is 1. The van der Waals surface area contributed by atoms with Crippen LogP contribution in [0.25, 0.3) is 0 Å². The molecule has 2 amide bonds. The summed E-state index contributed by atoms with van der Waals surface area (Å²) in [6, 6.07) is 5.28. The van der Waals surface area contributed by atoms with Crippen LogP contribution >= 0.6 is 0 Å². The van der Waals surface area contributed by atoms with E-state index < -0.39 is 17.4 Å². The van der Waals surface area contributed by atoms with E-state index in [-0.39, 0.29) is 25.5 Å². The first-order valence-electron chi connectivity index (χ1n) is 7.54. The second-order valence-electron chi connectivity index (χ2n) is 6.09. The summed E-state index contributed by atoms with van der Waals surface area (Å²) < 4.78 is 4.96. The van der Waals surface area contributed by atoms with Crippen LogP contribution in [0.1, 0.15) is 34.8 Å². The Kier molecular flexibility index (Phi) is 6.91. The summed E-state index contributed by atoms with van der Waals surface area (Å²) >= 11 is 0. The summed E-state index contributed by atoms with van der Waals surface area (Å²) in [5.41, 5.74) is 1.49. The fourth-order valence-corrected chi connectivity index (χ4v) is 2.31. The molecule has 0 aliphatic carbocycles. The Balaban J connectivity index is 2.62. The zero-order chi connectivity index (χ0) is 18.3. The van der Waals surface area contributed by atoms with E-state index in [1.165, 1.54) is 7.11 Å². The number of hydrogen-bond acceptors (Lipinski definition) is 4. The van der Waals surface area contributed by atoms with Gasteiger partial charge in [-0.2, -0.15) is 0 Å². The smallest absolute Gasteiger partial charge is 0.305 e. The summed E-state index contributed by atoms with van der Waals surface area (Å²) in [4.78, 5) is 35.0. The minimum absolute atomic E-state index is 0.0517. The van der Waals surface area contributed by atoms with Crippen molar-refractivity contribution in [2.24, 2.45) is 0 Å². The third kappa shape index (κ3) is 6.00. The van der Waals surface area contributed by atoms with E-state index in [1.807, 2.05) is 19.9 Å². The van der Waals surface area contributed by atoms with Gasteiger partial charge in [-0.05, 0) is 44.0 Å². The predicted octanol–water partition coefficient (Wildman–Crippen LogP) is 1.03. The molecule has 24 heavy (non-hydrogen) atoms. The van der Waals surface area contributed by atoms with Gasteiger partial charge in [0.05, 0.1) is 25.1 Å². The van der Waals surface area contributed by atoms with Gasteiger partial charge in [-0.25, -0.2) is 0 Å². The molecule has 7 nitrogen and oxygen atoms in total. The van der Waals surface area contributed by atoms with Crippen LogP contribution in [0.3, 0.4) is 0 Å². The van der Waals surface area contributed by atoms with Gasteiger partial charge in [0.15, 0.2) is 0 Å². The lowest BCUT2D eigenvalue weighted by Gasteiger charge is -2.28. The quantitative estimate of drug-likeness (QED) is 0.658. The van der Waals surface area contributed by atoms with Crippen LogP contribution < -0.4 is 10.6 Å². The fraction of sp³-hybridized carbons (Fsp3) is 0.471. The van der Waals surface area contributed by atoms with Crippen LogP contribution in [-0.4, -0.2) is 48.7 Å². The number of rotatable bonds is 8. The first-order valence-corrected chi connectivity index (χ1v) is 7.54. The number of nitrogens with one attached hydrogen (secondary N) is 2. The fourth-order valence-electron chi connectivity index (χ4n) is 2.31. The molecule has 1 aromatic carbocycles. The number of carboxylic acids is 1. The maximum absolute atomic E-state index is 12.1. The number of amides is 2. The van der Waals surface area contributed by atoms with E-state index in [1.54, 1.807) is 19.1 Å². The van der Waals surface area contributed by atoms with Crippen LogP contribution in [0.2, 0.25) is 0 Å². The zero-order valence-electron chi connectivity index (χ0n) is 14.4. The van der Waals surface area contributed by atoms with Crippen molar-refractivity contribution in [3.63, 3.8) is 0 Å². The highest BCUT2D eigenvalue weighted by molar-refractivity contribution is 5.96. The van der Waals surface area contributed by atoms with Crippen LogP contribution in [0, 0.1) is 13.8 Å². The second-order valence-corrected chi connectivity index (χ2v) is 6.09. The van der Waals surface area contributed by atoms with E-state index in [0.717, 1.165) is 11.1 Å². The second kappa shape index (κ2) is 8.44. The van der Waals surface area contributed by atoms with Gasteiger partial charge in [-0.3, -0.25) is 14.4 Å². The maximum atomic E-state index is 12.1. The van der Waals surface area contributed by atoms with Gasteiger partial charge in [-0.15, -0.1) is 0 Å². The summed E-state index contributed by atoms with van der Waals surface area (Å²) in [6.45, 7) is 5.24. The molecule has 0 spiro atoms. The van der Waals surface area contributed by atoms with Gasteiger partial charge in [-0.1, -0.05) is 6.07 Å².